The van der Waals surface area contributed by atoms with E-state index in [2.05, 4.69) is 26.6 Å². The van der Waals surface area contributed by atoms with Gasteiger partial charge in [0.05, 0.1) is 17.3 Å². The van der Waals surface area contributed by atoms with Crippen LogP contribution in [-0.4, -0.2) is 6.03 Å². The van der Waals surface area contributed by atoms with Gasteiger partial charge in [-0.3, -0.25) is 0 Å². The van der Waals surface area contributed by atoms with E-state index >= 15 is 0 Å². The van der Waals surface area contributed by atoms with Crippen molar-refractivity contribution < 1.29 is 9.21 Å². The molecule has 0 aliphatic heterocycles. The van der Waals surface area contributed by atoms with Gasteiger partial charge in [-0.1, -0.05) is 0 Å². The van der Waals surface area contributed by atoms with E-state index in [1.165, 1.54) is 0 Å². The van der Waals surface area contributed by atoms with E-state index < -0.39 is 6.03 Å². The summed E-state index contributed by atoms with van der Waals surface area (Å²) in [5, 5.41) is 5.70. The molecule has 0 aliphatic rings. The van der Waals surface area contributed by atoms with E-state index in [4.69, 9.17) is 10.2 Å². The van der Waals surface area contributed by atoms with Crippen LogP contribution in [0.1, 0.15) is 5.76 Å². The number of halogens is 1. The summed E-state index contributed by atoms with van der Waals surface area (Å²) in [5.41, 5.74) is 6.60. The van der Waals surface area contributed by atoms with Gasteiger partial charge in [0.15, 0.2) is 0 Å². The fourth-order valence-electron chi connectivity index (χ4n) is 1.45. The quantitative estimate of drug-likeness (QED) is 0.811. The summed E-state index contributed by atoms with van der Waals surface area (Å²) in [6.07, 6.45) is 1.63. The second kappa shape index (κ2) is 5.59. The summed E-state index contributed by atoms with van der Waals surface area (Å²) >= 11 is 3.38. The topological polar surface area (TPSA) is 80.3 Å². The normalized spacial score (nSPS) is 10.1. The predicted octanol–water partition coefficient (Wildman–Crippen LogP) is 3.14. The molecule has 0 unspecified atom stereocenters. The molecular formula is C12H12BrN3O2. The number of benzene rings is 1. The van der Waals surface area contributed by atoms with E-state index in [1.807, 2.05) is 18.2 Å². The highest BCUT2D eigenvalue weighted by Gasteiger charge is 2.03. The molecule has 0 saturated carbocycles. The molecule has 2 aromatic rings. The van der Waals surface area contributed by atoms with Gasteiger partial charge in [0, 0.05) is 11.4 Å². The summed E-state index contributed by atoms with van der Waals surface area (Å²) in [5.74, 6) is 0.828. The van der Waals surface area contributed by atoms with Crippen LogP contribution in [0.4, 0.5) is 16.2 Å². The Balaban J connectivity index is 1.94. The summed E-state index contributed by atoms with van der Waals surface area (Å²) in [6, 6.07) is 8.51. The lowest BCUT2D eigenvalue weighted by Gasteiger charge is -2.06. The summed E-state index contributed by atoms with van der Waals surface area (Å²) in [7, 11) is 0. The standard InChI is InChI=1S/C12H12BrN3O2/c13-10-5-6-18-11(10)7-15-8-1-3-9(4-2-8)16-12(14)17/h1-6,15H,7H2,(H3,14,16,17). The Morgan fingerprint density at radius 2 is 1.89 bits per heavy atom. The Bertz CT molecular complexity index is 537. The number of primary amides is 1. The highest BCUT2D eigenvalue weighted by molar-refractivity contribution is 9.10. The van der Waals surface area contributed by atoms with Crippen LogP contribution in [0, 0.1) is 0 Å². The molecule has 5 nitrogen and oxygen atoms in total. The number of hydrogen-bond donors (Lipinski definition) is 3. The molecule has 0 fully saturated rings. The molecule has 4 N–H and O–H groups in total. The van der Waals surface area contributed by atoms with E-state index in [0.29, 0.717) is 12.2 Å². The molecule has 94 valence electrons. The average molecular weight is 310 g/mol. The van der Waals surface area contributed by atoms with E-state index in [1.54, 1.807) is 18.4 Å². The van der Waals surface area contributed by atoms with Gasteiger partial charge in [0.2, 0.25) is 0 Å². The number of furan rings is 1. The van der Waals surface area contributed by atoms with Gasteiger partial charge in [0.1, 0.15) is 5.76 Å². The van der Waals surface area contributed by atoms with Crippen LogP contribution in [0.15, 0.2) is 45.5 Å². The summed E-state index contributed by atoms with van der Waals surface area (Å²) in [4.78, 5) is 10.7. The molecule has 0 bridgehead atoms. The Kier molecular flexibility index (Phi) is 3.88. The number of urea groups is 1. The zero-order valence-corrected chi connectivity index (χ0v) is 11.0. The molecule has 18 heavy (non-hydrogen) atoms. The molecule has 2 amide bonds. The maximum absolute atomic E-state index is 10.7. The van der Waals surface area contributed by atoms with Crippen molar-refractivity contribution in [2.45, 2.75) is 6.54 Å². The van der Waals surface area contributed by atoms with Crippen LogP contribution in [0.5, 0.6) is 0 Å². The molecule has 1 aromatic carbocycles. The number of nitrogens with two attached hydrogens (primary N) is 1. The third kappa shape index (κ3) is 3.27. The second-order valence-corrected chi connectivity index (χ2v) is 4.47. The number of carbonyl (C=O) groups excluding carboxylic acids is 1. The Morgan fingerprint density at radius 3 is 2.44 bits per heavy atom. The maximum Gasteiger partial charge on any atom is 0.316 e. The smallest absolute Gasteiger partial charge is 0.316 e. The van der Waals surface area contributed by atoms with Crippen molar-refractivity contribution >= 4 is 33.3 Å². The highest BCUT2D eigenvalue weighted by Crippen LogP contribution is 2.19. The van der Waals surface area contributed by atoms with Crippen molar-refractivity contribution in [3.8, 4) is 0 Å². The van der Waals surface area contributed by atoms with Gasteiger partial charge in [-0.05, 0) is 46.3 Å². The van der Waals surface area contributed by atoms with E-state index in [9.17, 15) is 4.79 Å². The van der Waals surface area contributed by atoms with Gasteiger partial charge >= 0.3 is 6.03 Å². The summed E-state index contributed by atoms with van der Waals surface area (Å²) in [6.45, 7) is 0.580. The van der Waals surface area contributed by atoms with Crippen LogP contribution in [-0.2, 0) is 6.54 Å². The molecule has 2 rings (SSSR count). The molecule has 0 saturated heterocycles. The van der Waals surface area contributed by atoms with Crippen molar-refractivity contribution in [2.75, 3.05) is 10.6 Å². The maximum atomic E-state index is 10.7. The van der Waals surface area contributed by atoms with Crippen LogP contribution >= 0.6 is 15.9 Å². The Morgan fingerprint density at radius 1 is 1.22 bits per heavy atom. The lowest BCUT2D eigenvalue weighted by Crippen LogP contribution is -2.19. The Hall–Kier alpha value is -1.95. The molecule has 0 aliphatic carbocycles. The molecular weight excluding hydrogens is 298 g/mol. The van der Waals surface area contributed by atoms with Crippen LogP contribution in [0.2, 0.25) is 0 Å². The molecule has 1 heterocycles. The number of carbonyl (C=O) groups is 1. The third-order valence-corrected chi connectivity index (χ3v) is 3.00. The van der Waals surface area contributed by atoms with Crippen LogP contribution in [0.3, 0.4) is 0 Å². The summed E-state index contributed by atoms with van der Waals surface area (Å²) < 4.78 is 6.21. The number of hydrogen-bond acceptors (Lipinski definition) is 3. The fourth-order valence-corrected chi connectivity index (χ4v) is 1.79. The first-order valence-corrected chi connectivity index (χ1v) is 6.07. The SMILES string of the molecule is NC(=O)Nc1ccc(NCc2occc2Br)cc1. The highest BCUT2D eigenvalue weighted by atomic mass is 79.9. The zero-order chi connectivity index (χ0) is 13.0. The number of anilines is 2. The minimum Gasteiger partial charge on any atom is -0.466 e. The lowest BCUT2D eigenvalue weighted by atomic mass is 10.2. The molecule has 0 atom stereocenters. The first kappa shape index (κ1) is 12.5. The van der Waals surface area contributed by atoms with Gasteiger partial charge < -0.3 is 20.8 Å². The van der Waals surface area contributed by atoms with Crippen LogP contribution in [0.25, 0.3) is 0 Å². The number of nitrogens with one attached hydrogen (secondary N) is 2. The van der Waals surface area contributed by atoms with Crippen molar-refractivity contribution in [3.05, 3.63) is 46.8 Å². The van der Waals surface area contributed by atoms with Crippen LogP contribution < -0.4 is 16.4 Å². The number of amides is 2. The van der Waals surface area contributed by atoms with Crippen molar-refractivity contribution in [2.24, 2.45) is 5.73 Å². The molecule has 1 aromatic heterocycles. The fraction of sp³-hybridized carbons (Fsp3) is 0.0833. The average Bonchev–Trinajstić information content (AvgIpc) is 2.73. The third-order valence-electron chi connectivity index (χ3n) is 2.30. The lowest BCUT2D eigenvalue weighted by molar-refractivity contribution is 0.259. The molecule has 0 spiro atoms. The monoisotopic (exact) mass is 309 g/mol. The minimum absolute atomic E-state index is 0.574. The minimum atomic E-state index is -0.574. The second-order valence-electron chi connectivity index (χ2n) is 3.61. The Labute approximate surface area is 112 Å². The van der Waals surface area contributed by atoms with Crippen molar-refractivity contribution in [1.29, 1.82) is 0 Å². The zero-order valence-electron chi connectivity index (χ0n) is 9.44. The molecule has 0 radical (unpaired) electrons. The van der Waals surface area contributed by atoms with Gasteiger partial charge in [0.25, 0.3) is 0 Å². The number of rotatable bonds is 4. The predicted molar refractivity (Wildman–Crippen MR) is 73.4 cm³/mol. The van der Waals surface area contributed by atoms with Crippen molar-refractivity contribution in [3.63, 3.8) is 0 Å². The van der Waals surface area contributed by atoms with Gasteiger partial charge in [-0.2, -0.15) is 0 Å². The van der Waals surface area contributed by atoms with E-state index in [0.717, 1.165) is 15.9 Å². The van der Waals surface area contributed by atoms with E-state index in [-0.39, 0.29) is 0 Å². The largest absolute Gasteiger partial charge is 0.466 e. The first-order chi connectivity index (χ1) is 8.65. The van der Waals surface area contributed by atoms with Gasteiger partial charge in [-0.25, -0.2) is 4.79 Å². The first-order valence-electron chi connectivity index (χ1n) is 5.27. The van der Waals surface area contributed by atoms with Crippen molar-refractivity contribution in [1.82, 2.24) is 0 Å². The molecule has 6 heteroatoms. The van der Waals surface area contributed by atoms with Gasteiger partial charge in [-0.15, -0.1) is 0 Å².